The Hall–Kier alpha value is -4.26. The summed E-state index contributed by atoms with van der Waals surface area (Å²) in [5.74, 6) is 0.338. The highest BCUT2D eigenvalue weighted by Crippen LogP contribution is 2.42. The van der Waals surface area contributed by atoms with Gasteiger partial charge < -0.3 is 15.4 Å². The zero-order valence-electron chi connectivity index (χ0n) is 20.0. The Labute approximate surface area is 219 Å². The van der Waals surface area contributed by atoms with Crippen LogP contribution in [-0.2, 0) is 10.9 Å². The van der Waals surface area contributed by atoms with Crippen LogP contribution in [0.25, 0.3) is 0 Å². The molecule has 1 aromatic heterocycles. The van der Waals surface area contributed by atoms with Gasteiger partial charge in [-0.15, -0.1) is 5.11 Å². The lowest BCUT2D eigenvalue weighted by Crippen LogP contribution is -2.20. The van der Waals surface area contributed by atoms with E-state index in [0.717, 1.165) is 12.1 Å². The van der Waals surface area contributed by atoms with Crippen molar-refractivity contribution in [2.45, 2.75) is 26.1 Å². The van der Waals surface area contributed by atoms with Crippen molar-refractivity contribution < 1.29 is 27.5 Å². The van der Waals surface area contributed by atoms with Crippen molar-refractivity contribution in [3.8, 4) is 0 Å². The highest BCUT2D eigenvalue weighted by atomic mass is 35.5. The van der Waals surface area contributed by atoms with Crippen molar-refractivity contribution in [2.24, 2.45) is 16.1 Å². The lowest BCUT2D eigenvalue weighted by molar-refractivity contribution is -0.137. The summed E-state index contributed by atoms with van der Waals surface area (Å²) < 4.78 is 44.3. The van der Waals surface area contributed by atoms with Crippen molar-refractivity contribution >= 4 is 46.6 Å². The Morgan fingerprint density at radius 1 is 1.03 bits per heavy atom. The number of carbonyl (C=O) groups excluding carboxylic acids is 2. The van der Waals surface area contributed by atoms with Gasteiger partial charge in [0, 0.05) is 11.4 Å². The van der Waals surface area contributed by atoms with Crippen LogP contribution in [0.1, 0.15) is 36.7 Å². The number of benzene rings is 2. The third-order valence-corrected chi connectivity index (χ3v) is 5.49. The zero-order chi connectivity index (χ0) is 27.4. The molecule has 3 amide bonds. The number of azo groups is 1. The number of anilines is 3. The summed E-state index contributed by atoms with van der Waals surface area (Å²) in [7, 11) is 0. The van der Waals surface area contributed by atoms with E-state index in [9.17, 15) is 22.8 Å². The van der Waals surface area contributed by atoms with E-state index in [1.807, 2.05) is 13.8 Å². The normalized spacial score (nSPS) is 14.2. The molecule has 0 saturated carbocycles. The fourth-order valence-electron chi connectivity index (χ4n) is 3.41. The number of rotatable bonds is 6. The minimum atomic E-state index is -4.66. The number of hydrogen-bond donors (Lipinski definition) is 3. The fourth-order valence-corrected chi connectivity index (χ4v) is 3.64. The van der Waals surface area contributed by atoms with Crippen molar-refractivity contribution in [3.63, 3.8) is 0 Å². The van der Waals surface area contributed by atoms with Gasteiger partial charge in [0.15, 0.2) is 11.5 Å². The van der Waals surface area contributed by atoms with Crippen molar-refractivity contribution in [3.05, 3.63) is 70.6 Å². The Morgan fingerprint density at radius 2 is 1.71 bits per heavy atom. The summed E-state index contributed by atoms with van der Waals surface area (Å²) in [6, 6.07) is 8.31. The molecule has 0 bridgehead atoms. The largest absolute Gasteiger partial charge is 0.449 e. The van der Waals surface area contributed by atoms with Crippen LogP contribution in [0.4, 0.5) is 45.6 Å². The van der Waals surface area contributed by atoms with E-state index < -0.39 is 34.9 Å². The van der Waals surface area contributed by atoms with Crippen LogP contribution >= 0.6 is 11.6 Å². The summed E-state index contributed by atoms with van der Waals surface area (Å²) in [6.45, 7) is 4.07. The lowest BCUT2D eigenvalue weighted by Gasteiger charge is -2.13. The number of amides is 3. The van der Waals surface area contributed by atoms with Gasteiger partial charge in [0.05, 0.1) is 17.2 Å². The molecule has 198 valence electrons. The maximum absolute atomic E-state index is 13.0. The van der Waals surface area contributed by atoms with Gasteiger partial charge >= 0.3 is 18.3 Å². The first-order valence-electron chi connectivity index (χ1n) is 11.3. The molecular weight excluding hydrogens is 527 g/mol. The highest BCUT2D eigenvalue weighted by Gasteiger charge is 2.33. The molecule has 1 aliphatic rings. The van der Waals surface area contributed by atoms with E-state index >= 15 is 0 Å². The number of carbonyl (C=O) groups is 2. The third kappa shape index (κ3) is 6.35. The first-order valence-corrected chi connectivity index (χ1v) is 11.6. The molecule has 1 aliphatic heterocycles. The van der Waals surface area contributed by atoms with E-state index in [1.54, 1.807) is 24.3 Å². The quantitative estimate of drug-likeness (QED) is 0.301. The van der Waals surface area contributed by atoms with Crippen LogP contribution in [0.5, 0.6) is 0 Å². The van der Waals surface area contributed by atoms with E-state index in [4.69, 9.17) is 16.3 Å². The number of urea groups is 1. The van der Waals surface area contributed by atoms with Gasteiger partial charge in [0.2, 0.25) is 0 Å². The predicted molar refractivity (Wildman–Crippen MR) is 134 cm³/mol. The smallest absolute Gasteiger partial charge is 0.417 e. The van der Waals surface area contributed by atoms with E-state index in [-0.39, 0.29) is 24.0 Å². The average molecular weight is 548 g/mol. The van der Waals surface area contributed by atoms with E-state index in [2.05, 4.69) is 36.1 Å². The first-order chi connectivity index (χ1) is 18.0. The molecule has 2 aromatic carbocycles. The first kappa shape index (κ1) is 26.8. The molecule has 0 aliphatic carbocycles. The highest BCUT2D eigenvalue weighted by molar-refractivity contribution is 6.31. The van der Waals surface area contributed by atoms with Gasteiger partial charge in [0.1, 0.15) is 18.1 Å². The van der Waals surface area contributed by atoms with Gasteiger partial charge in [0.25, 0.3) is 0 Å². The van der Waals surface area contributed by atoms with Gasteiger partial charge in [-0.05, 0) is 41.8 Å². The molecule has 2 heterocycles. The SMILES string of the molecule is CC(C)COC(=O)Nc1ncnc2c1N=NC2c1ccc(NC(=O)Nc2ccc(Cl)c(C(F)(F)F)c2)cc1. The molecule has 0 spiro atoms. The Bertz CT molecular complexity index is 1380. The molecule has 38 heavy (non-hydrogen) atoms. The third-order valence-electron chi connectivity index (χ3n) is 5.16. The second kappa shape index (κ2) is 11.0. The van der Waals surface area contributed by atoms with Gasteiger partial charge in [-0.25, -0.2) is 19.6 Å². The van der Waals surface area contributed by atoms with E-state index in [0.29, 0.717) is 22.6 Å². The zero-order valence-corrected chi connectivity index (χ0v) is 20.8. The molecule has 3 aromatic rings. The van der Waals surface area contributed by atoms with E-state index in [1.165, 1.54) is 12.4 Å². The Morgan fingerprint density at radius 3 is 2.39 bits per heavy atom. The van der Waals surface area contributed by atoms with Crippen molar-refractivity contribution in [1.29, 1.82) is 0 Å². The van der Waals surface area contributed by atoms with Crippen LogP contribution < -0.4 is 16.0 Å². The second-order valence-electron chi connectivity index (χ2n) is 8.58. The van der Waals surface area contributed by atoms with Crippen LogP contribution in [-0.4, -0.2) is 28.7 Å². The van der Waals surface area contributed by atoms with Crippen LogP contribution in [0, 0.1) is 5.92 Å². The van der Waals surface area contributed by atoms with Crippen LogP contribution in [0.15, 0.2) is 59.0 Å². The number of halogens is 4. The number of alkyl halides is 3. The molecule has 1 unspecified atom stereocenters. The molecule has 0 saturated heterocycles. The summed E-state index contributed by atoms with van der Waals surface area (Å²) in [6.07, 6.45) is -4.04. The minimum absolute atomic E-state index is 0.0731. The molecule has 10 nitrogen and oxygen atoms in total. The Balaban J connectivity index is 1.41. The number of ether oxygens (including phenoxy) is 1. The second-order valence-corrected chi connectivity index (χ2v) is 8.99. The number of fused-ring (bicyclic) bond motifs is 1. The summed E-state index contributed by atoms with van der Waals surface area (Å²) in [5, 5.41) is 15.3. The maximum Gasteiger partial charge on any atom is 0.417 e. The molecule has 0 radical (unpaired) electrons. The van der Waals surface area contributed by atoms with Crippen LogP contribution in [0.2, 0.25) is 5.02 Å². The lowest BCUT2D eigenvalue weighted by atomic mass is 10.0. The molecule has 1 atom stereocenters. The summed E-state index contributed by atoms with van der Waals surface area (Å²) >= 11 is 5.61. The summed E-state index contributed by atoms with van der Waals surface area (Å²) in [5.41, 5.74) is 0.725. The minimum Gasteiger partial charge on any atom is -0.449 e. The van der Waals surface area contributed by atoms with Gasteiger partial charge in [-0.2, -0.15) is 18.3 Å². The standard InChI is InChI=1S/C24H21ClF3N7O3/c1-12(2)10-38-23(37)33-21-20-19(29-11-30-21)18(34-35-20)13-3-5-14(6-4-13)31-22(36)32-15-7-8-17(25)16(9-15)24(26,27)28/h3-9,11-12,18H,10H2,1-2H3,(H2,31,32,36)(H,29,30,33,37). The molecule has 3 N–H and O–H groups in total. The number of nitrogens with one attached hydrogen (secondary N) is 3. The van der Waals surface area contributed by atoms with Gasteiger partial charge in [-0.1, -0.05) is 37.6 Å². The molecule has 14 heteroatoms. The summed E-state index contributed by atoms with van der Waals surface area (Å²) in [4.78, 5) is 32.6. The monoisotopic (exact) mass is 547 g/mol. The number of aromatic nitrogens is 2. The molecule has 4 rings (SSSR count). The molecule has 0 fully saturated rings. The maximum atomic E-state index is 13.0. The van der Waals surface area contributed by atoms with Crippen LogP contribution in [0.3, 0.4) is 0 Å². The predicted octanol–water partition coefficient (Wildman–Crippen LogP) is 7.18. The topological polar surface area (TPSA) is 130 Å². The number of nitrogens with zero attached hydrogens (tertiary/aromatic N) is 4. The fraction of sp³-hybridized carbons (Fsp3) is 0.250. The number of hydrogen-bond acceptors (Lipinski definition) is 7. The van der Waals surface area contributed by atoms with Crippen molar-refractivity contribution in [2.75, 3.05) is 22.6 Å². The van der Waals surface area contributed by atoms with Crippen molar-refractivity contribution in [1.82, 2.24) is 9.97 Å². The molecular formula is C24H21ClF3N7O3. The average Bonchev–Trinajstić information content (AvgIpc) is 3.29. The Kier molecular flexibility index (Phi) is 7.76. The van der Waals surface area contributed by atoms with Gasteiger partial charge in [-0.3, -0.25) is 5.32 Å².